The molecule has 0 saturated heterocycles. The third-order valence-electron chi connectivity index (χ3n) is 9.17. The maximum Gasteiger partial charge on any atom is 0.339 e. The van der Waals surface area contributed by atoms with Gasteiger partial charge in [-0.2, -0.15) is 0 Å². The van der Waals surface area contributed by atoms with Crippen LogP contribution in [0.5, 0.6) is 11.5 Å². The first kappa shape index (κ1) is 46.5. The molecular weight excluding hydrogens is 681 g/mol. The molecule has 0 aliphatic rings. The van der Waals surface area contributed by atoms with E-state index in [1.807, 2.05) is 49.4 Å². The third-order valence-corrected chi connectivity index (χ3v) is 9.17. The van der Waals surface area contributed by atoms with Crippen LogP contribution in [0.1, 0.15) is 100 Å². The molecule has 0 radical (unpaired) electrons. The minimum atomic E-state index is -0.323. The van der Waals surface area contributed by atoms with E-state index < -0.39 is 0 Å². The Morgan fingerprint density at radius 1 is 0.618 bits per heavy atom. The van der Waals surface area contributed by atoms with Crippen molar-refractivity contribution in [2.75, 3.05) is 26.3 Å². The minimum Gasteiger partial charge on any atom is -0.489 e. The first-order chi connectivity index (χ1) is 26.3. The molecule has 0 bridgehead atoms. The zero-order valence-corrected chi connectivity index (χ0v) is 35.4. The van der Waals surface area contributed by atoms with Gasteiger partial charge in [0.15, 0.2) is 6.23 Å². The van der Waals surface area contributed by atoms with E-state index in [9.17, 15) is 4.79 Å². The molecule has 0 saturated carbocycles. The number of carbonyl (C=O) groups excluding carboxylic acids is 1. The second-order valence-corrected chi connectivity index (χ2v) is 14.4. The summed E-state index contributed by atoms with van der Waals surface area (Å²) in [6.45, 7) is 31.8. The highest BCUT2D eigenvalue weighted by molar-refractivity contribution is 5.90. The summed E-state index contributed by atoms with van der Waals surface area (Å²) >= 11 is 0. The zero-order valence-electron chi connectivity index (χ0n) is 35.4. The van der Waals surface area contributed by atoms with Crippen molar-refractivity contribution >= 4 is 5.97 Å². The standard InChI is InChI=1S/C24H31NO3.C17H18O.C8H19N/c1-6-15-27-23-14-13-21(17-22(23)16-20-11-9-8-10-12-20)24(26)28-19(5)25(7-2)18(3)4;1-3-11-18-17-10-9-14(2)12-16(17)13-15-7-5-4-6-8-15;1-6-9(7(2)3)8(4)5/h6,8-14,17-19H,1,7,15-16H2,2-5H3;3-10,12H,1,11,13H2,2H3;7-8H,6H2,1-5H3. The molecule has 0 spiro atoms. The fraction of sp³-hybridized carbons (Fsp3) is 0.408. The second kappa shape index (κ2) is 25.4. The summed E-state index contributed by atoms with van der Waals surface area (Å²) in [5, 5.41) is 0. The third kappa shape index (κ3) is 16.7. The molecular formula is C49H68N2O4. The highest BCUT2D eigenvalue weighted by Crippen LogP contribution is 2.25. The van der Waals surface area contributed by atoms with Crippen LogP contribution in [-0.4, -0.2) is 66.4 Å². The molecule has 6 heteroatoms. The number of carbonyl (C=O) groups is 1. The molecule has 0 heterocycles. The summed E-state index contributed by atoms with van der Waals surface area (Å²) in [6, 6.07) is 34.0. The van der Waals surface area contributed by atoms with Crippen LogP contribution >= 0.6 is 0 Å². The van der Waals surface area contributed by atoms with Gasteiger partial charge in [-0.25, -0.2) is 4.79 Å². The van der Waals surface area contributed by atoms with Gasteiger partial charge in [-0.15, -0.1) is 0 Å². The summed E-state index contributed by atoms with van der Waals surface area (Å²) in [6.07, 6.45) is 4.77. The van der Waals surface area contributed by atoms with Crippen LogP contribution in [0.15, 0.2) is 122 Å². The molecule has 1 atom stereocenters. The molecule has 6 nitrogen and oxygen atoms in total. The Hall–Kier alpha value is -4.65. The molecule has 0 amide bonds. The number of hydrogen-bond donors (Lipinski definition) is 0. The van der Waals surface area contributed by atoms with Crippen molar-refractivity contribution in [3.63, 3.8) is 0 Å². The topological polar surface area (TPSA) is 51.2 Å². The van der Waals surface area contributed by atoms with Crippen LogP contribution in [0, 0.1) is 6.92 Å². The molecule has 0 aromatic heterocycles. The van der Waals surface area contributed by atoms with E-state index >= 15 is 0 Å². The van der Waals surface area contributed by atoms with Gasteiger partial charge in [0.2, 0.25) is 0 Å². The predicted octanol–water partition coefficient (Wildman–Crippen LogP) is 11.4. The van der Waals surface area contributed by atoms with E-state index in [0.29, 0.717) is 43.3 Å². The fourth-order valence-electron chi connectivity index (χ4n) is 6.56. The summed E-state index contributed by atoms with van der Waals surface area (Å²) in [5.41, 5.74) is 6.41. The van der Waals surface area contributed by atoms with Gasteiger partial charge in [0, 0.05) is 31.0 Å². The van der Waals surface area contributed by atoms with E-state index in [2.05, 4.69) is 134 Å². The Bertz CT molecular complexity index is 1680. The summed E-state index contributed by atoms with van der Waals surface area (Å²) < 4.78 is 17.2. The SMILES string of the molecule is C=CCOc1ccc(C(=O)OC(C)N(CC)C(C)C)cc1Cc1ccccc1.C=CCOc1ccc(C)cc1Cc1ccccc1.CCN(C(C)C)C(C)C. The van der Waals surface area contributed by atoms with Gasteiger partial charge in [-0.3, -0.25) is 9.80 Å². The van der Waals surface area contributed by atoms with Gasteiger partial charge in [0.05, 0.1) is 5.56 Å². The summed E-state index contributed by atoms with van der Waals surface area (Å²) in [5.74, 6) is 1.38. The van der Waals surface area contributed by atoms with Gasteiger partial charge in [-0.1, -0.05) is 118 Å². The first-order valence-electron chi connectivity index (χ1n) is 19.8. The summed E-state index contributed by atoms with van der Waals surface area (Å²) in [4.78, 5) is 17.3. The largest absolute Gasteiger partial charge is 0.489 e. The number of benzene rings is 4. The van der Waals surface area contributed by atoms with Crippen LogP contribution in [0.4, 0.5) is 0 Å². The zero-order chi connectivity index (χ0) is 40.8. The first-order valence-corrected chi connectivity index (χ1v) is 19.8. The summed E-state index contributed by atoms with van der Waals surface area (Å²) in [7, 11) is 0. The van der Waals surface area contributed by atoms with E-state index in [0.717, 1.165) is 42.1 Å². The second-order valence-electron chi connectivity index (χ2n) is 14.4. The lowest BCUT2D eigenvalue weighted by atomic mass is 10.0. The van der Waals surface area contributed by atoms with Crippen LogP contribution in [-0.2, 0) is 17.6 Å². The number of hydrogen-bond acceptors (Lipinski definition) is 6. The molecule has 0 fully saturated rings. The normalized spacial score (nSPS) is 11.4. The number of ether oxygens (including phenoxy) is 3. The molecule has 0 aliphatic carbocycles. The van der Waals surface area contributed by atoms with Crippen molar-refractivity contribution in [2.24, 2.45) is 0 Å². The Balaban J connectivity index is 0.000000329. The van der Waals surface area contributed by atoms with Gasteiger partial charge < -0.3 is 14.2 Å². The molecule has 4 aromatic rings. The van der Waals surface area contributed by atoms with Crippen LogP contribution in [0.2, 0.25) is 0 Å². The maximum absolute atomic E-state index is 12.7. The van der Waals surface area contributed by atoms with E-state index in [4.69, 9.17) is 14.2 Å². The smallest absolute Gasteiger partial charge is 0.339 e. The van der Waals surface area contributed by atoms with Crippen molar-refractivity contribution < 1.29 is 19.0 Å². The van der Waals surface area contributed by atoms with Crippen molar-refractivity contribution in [3.05, 3.63) is 156 Å². The lowest BCUT2D eigenvalue weighted by Crippen LogP contribution is -2.41. The highest BCUT2D eigenvalue weighted by atomic mass is 16.6. The van der Waals surface area contributed by atoms with Gasteiger partial charge in [0.25, 0.3) is 0 Å². The van der Waals surface area contributed by atoms with Crippen LogP contribution < -0.4 is 9.47 Å². The van der Waals surface area contributed by atoms with Crippen molar-refractivity contribution in [1.29, 1.82) is 0 Å². The quantitative estimate of drug-likeness (QED) is 0.0574. The Morgan fingerprint density at radius 3 is 1.45 bits per heavy atom. The Kier molecular flexibility index (Phi) is 21.5. The van der Waals surface area contributed by atoms with Crippen molar-refractivity contribution in [3.8, 4) is 11.5 Å². The molecule has 1 unspecified atom stereocenters. The fourth-order valence-corrected chi connectivity index (χ4v) is 6.56. The van der Waals surface area contributed by atoms with E-state index in [1.54, 1.807) is 18.2 Å². The van der Waals surface area contributed by atoms with Gasteiger partial charge in [0.1, 0.15) is 24.7 Å². The van der Waals surface area contributed by atoms with Crippen LogP contribution in [0.25, 0.3) is 0 Å². The Morgan fingerprint density at radius 2 is 1.05 bits per heavy atom. The number of nitrogens with zero attached hydrogens (tertiary/aromatic N) is 2. The molecule has 4 aromatic carbocycles. The lowest BCUT2D eigenvalue weighted by molar-refractivity contribution is -0.0331. The number of aryl methyl sites for hydroxylation is 1. The average molecular weight is 749 g/mol. The molecule has 55 heavy (non-hydrogen) atoms. The molecule has 298 valence electrons. The average Bonchev–Trinajstić information content (AvgIpc) is 3.15. The van der Waals surface area contributed by atoms with Crippen molar-refractivity contribution in [1.82, 2.24) is 9.80 Å². The number of esters is 1. The minimum absolute atomic E-state index is 0.285. The molecule has 0 aliphatic heterocycles. The van der Waals surface area contributed by atoms with Crippen LogP contribution in [0.3, 0.4) is 0 Å². The molecule has 0 N–H and O–H groups in total. The molecule has 4 rings (SSSR count). The highest BCUT2D eigenvalue weighted by Gasteiger charge is 2.21. The van der Waals surface area contributed by atoms with Crippen molar-refractivity contribution in [2.45, 2.75) is 106 Å². The van der Waals surface area contributed by atoms with E-state index in [-0.39, 0.29) is 12.2 Å². The monoisotopic (exact) mass is 749 g/mol. The lowest BCUT2D eigenvalue weighted by Gasteiger charge is -2.30. The van der Waals surface area contributed by atoms with Gasteiger partial charge in [-0.05, 0) is 115 Å². The maximum atomic E-state index is 12.7. The van der Waals surface area contributed by atoms with Gasteiger partial charge >= 0.3 is 5.97 Å². The predicted molar refractivity (Wildman–Crippen MR) is 233 cm³/mol. The van der Waals surface area contributed by atoms with E-state index in [1.165, 1.54) is 16.7 Å². The number of rotatable bonds is 18. The Labute approximate surface area is 333 Å².